The second kappa shape index (κ2) is 6.58. The van der Waals surface area contributed by atoms with E-state index in [1.165, 1.54) is 0 Å². The summed E-state index contributed by atoms with van der Waals surface area (Å²) in [6, 6.07) is 1.19. The molecule has 0 saturated carbocycles. The van der Waals surface area contributed by atoms with E-state index >= 15 is 0 Å². The van der Waals surface area contributed by atoms with Crippen molar-refractivity contribution in [3.8, 4) is 5.75 Å². The fraction of sp³-hybridized carbons (Fsp3) is 0.300. The number of ether oxygens (including phenoxy) is 2. The summed E-state index contributed by atoms with van der Waals surface area (Å²) in [5.41, 5.74) is 5.37. The molecule has 4 nitrogen and oxygen atoms in total. The number of halogens is 5. The normalized spacial score (nSPS) is 12.3. The predicted molar refractivity (Wildman–Crippen MR) is 59.3 cm³/mol. The minimum absolute atomic E-state index is 0. The molecule has 0 spiro atoms. The van der Waals surface area contributed by atoms with Crippen molar-refractivity contribution < 1.29 is 31.8 Å². The first kappa shape index (κ1) is 17.5. The van der Waals surface area contributed by atoms with Gasteiger partial charge in [-0.3, -0.25) is 4.79 Å². The van der Waals surface area contributed by atoms with Gasteiger partial charge in [-0.05, 0) is 17.7 Å². The maximum absolute atomic E-state index is 13.3. The van der Waals surface area contributed by atoms with E-state index in [9.17, 15) is 22.4 Å². The van der Waals surface area contributed by atoms with Gasteiger partial charge in [-0.1, -0.05) is 6.07 Å². The predicted octanol–water partition coefficient (Wildman–Crippen LogP) is 2.32. The van der Waals surface area contributed by atoms with Crippen LogP contribution in [0.2, 0.25) is 0 Å². The molecule has 1 aromatic rings. The Kier molecular flexibility index (Phi) is 6.04. The van der Waals surface area contributed by atoms with E-state index in [1.807, 2.05) is 0 Å². The SMILES string of the molecule is COC(=O)C(N)c1ccc(OC(F)(F)F)c(F)c1.Cl. The molecule has 108 valence electrons. The highest BCUT2D eigenvalue weighted by atomic mass is 35.5. The van der Waals surface area contributed by atoms with Gasteiger partial charge in [-0.15, -0.1) is 25.6 Å². The average molecular weight is 304 g/mol. The van der Waals surface area contributed by atoms with Crippen LogP contribution in [-0.2, 0) is 9.53 Å². The Balaban J connectivity index is 0.00000324. The Labute approximate surface area is 111 Å². The molecule has 1 atom stereocenters. The maximum atomic E-state index is 13.3. The quantitative estimate of drug-likeness (QED) is 0.687. The van der Waals surface area contributed by atoms with Gasteiger partial charge < -0.3 is 15.2 Å². The van der Waals surface area contributed by atoms with Crippen LogP contribution in [0.3, 0.4) is 0 Å². The first-order valence-electron chi connectivity index (χ1n) is 4.63. The third-order valence-corrected chi connectivity index (χ3v) is 2.00. The molecule has 0 aliphatic heterocycles. The van der Waals surface area contributed by atoms with Gasteiger partial charge in [0, 0.05) is 0 Å². The van der Waals surface area contributed by atoms with Crippen LogP contribution in [0.25, 0.3) is 0 Å². The standard InChI is InChI=1S/C10H9F4NO3.ClH/c1-17-9(16)8(15)5-2-3-7(6(11)4-5)18-10(12,13)14;/h2-4,8H,15H2,1H3;1H. The number of hydrogen-bond donors (Lipinski definition) is 1. The number of carbonyl (C=O) groups excluding carboxylic acids is 1. The Morgan fingerprint density at radius 2 is 1.95 bits per heavy atom. The number of benzene rings is 1. The molecule has 1 rings (SSSR count). The van der Waals surface area contributed by atoms with Crippen molar-refractivity contribution in [3.63, 3.8) is 0 Å². The van der Waals surface area contributed by atoms with Crippen LogP contribution >= 0.6 is 12.4 Å². The largest absolute Gasteiger partial charge is 0.573 e. The summed E-state index contributed by atoms with van der Waals surface area (Å²) in [6.45, 7) is 0. The average Bonchev–Trinajstić information content (AvgIpc) is 2.28. The topological polar surface area (TPSA) is 61.5 Å². The van der Waals surface area contributed by atoms with Crippen molar-refractivity contribution in [3.05, 3.63) is 29.6 Å². The second-order valence-corrected chi connectivity index (χ2v) is 3.24. The van der Waals surface area contributed by atoms with Crippen LogP contribution in [-0.4, -0.2) is 19.4 Å². The molecular formula is C10H10ClF4NO3. The Hall–Kier alpha value is -1.54. The van der Waals surface area contributed by atoms with Gasteiger partial charge in [0.25, 0.3) is 0 Å². The minimum atomic E-state index is -4.99. The zero-order valence-electron chi connectivity index (χ0n) is 9.53. The van der Waals surface area contributed by atoms with Crippen LogP contribution in [0.4, 0.5) is 17.6 Å². The zero-order chi connectivity index (χ0) is 13.9. The van der Waals surface area contributed by atoms with E-state index in [1.54, 1.807) is 0 Å². The molecule has 0 aliphatic carbocycles. The smallest absolute Gasteiger partial charge is 0.468 e. The lowest BCUT2D eigenvalue weighted by atomic mass is 10.1. The summed E-state index contributed by atoms with van der Waals surface area (Å²) in [5.74, 6) is -3.11. The van der Waals surface area contributed by atoms with Crippen molar-refractivity contribution in [2.45, 2.75) is 12.4 Å². The van der Waals surface area contributed by atoms with Gasteiger partial charge in [-0.25, -0.2) is 4.39 Å². The van der Waals surface area contributed by atoms with Gasteiger partial charge in [0.1, 0.15) is 6.04 Å². The van der Waals surface area contributed by atoms with E-state index in [-0.39, 0.29) is 18.0 Å². The summed E-state index contributed by atoms with van der Waals surface area (Å²) in [4.78, 5) is 11.1. The second-order valence-electron chi connectivity index (χ2n) is 3.24. The van der Waals surface area contributed by atoms with Gasteiger partial charge in [0.2, 0.25) is 0 Å². The highest BCUT2D eigenvalue weighted by Crippen LogP contribution is 2.27. The first-order valence-corrected chi connectivity index (χ1v) is 4.63. The van der Waals surface area contributed by atoms with Gasteiger partial charge in [0.15, 0.2) is 11.6 Å². The number of hydrogen-bond acceptors (Lipinski definition) is 4. The van der Waals surface area contributed by atoms with Gasteiger partial charge >= 0.3 is 12.3 Å². The molecule has 9 heteroatoms. The van der Waals surface area contributed by atoms with Crippen molar-refractivity contribution in [2.24, 2.45) is 5.73 Å². The number of nitrogens with two attached hydrogens (primary N) is 1. The van der Waals surface area contributed by atoms with Crippen molar-refractivity contribution in [1.29, 1.82) is 0 Å². The van der Waals surface area contributed by atoms with Crippen LogP contribution in [0.5, 0.6) is 5.75 Å². The summed E-state index contributed by atoms with van der Waals surface area (Å²) in [5, 5.41) is 0. The zero-order valence-corrected chi connectivity index (χ0v) is 10.3. The Morgan fingerprint density at radius 1 is 1.37 bits per heavy atom. The van der Waals surface area contributed by atoms with E-state index in [4.69, 9.17) is 5.73 Å². The fourth-order valence-electron chi connectivity index (χ4n) is 1.18. The molecule has 0 bridgehead atoms. The number of alkyl halides is 3. The van der Waals surface area contributed by atoms with Crippen LogP contribution in [0.15, 0.2) is 18.2 Å². The fourth-order valence-corrected chi connectivity index (χ4v) is 1.18. The molecule has 1 unspecified atom stereocenters. The molecule has 2 N–H and O–H groups in total. The molecule has 19 heavy (non-hydrogen) atoms. The van der Waals surface area contributed by atoms with Gasteiger partial charge in [0.05, 0.1) is 7.11 Å². The molecule has 0 fully saturated rings. The van der Waals surface area contributed by atoms with Crippen molar-refractivity contribution in [1.82, 2.24) is 0 Å². The molecule has 0 aromatic heterocycles. The lowest BCUT2D eigenvalue weighted by molar-refractivity contribution is -0.275. The Bertz CT molecular complexity index is 453. The summed E-state index contributed by atoms with van der Waals surface area (Å²) in [7, 11) is 1.08. The van der Waals surface area contributed by atoms with Crippen LogP contribution in [0, 0.1) is 5.82 Å². The molecule has 0 amide bonds. The third kappa shape index (κ3) is 4.92. The molecule has 0 saturated heterocycles. The molecule has 0 aliphatic rings. The van der Waals surface area contributed by atoms with E-state index < -0.39 is 29.9 Å². The highest BCUT2D eigenvalue weighted by molar-refractivity contribution is 5.85. The monoisotopic (exact) mass is 303 g/mol. The van der Waals surface area contributed by atoms with Crippen LogP contribution < -0.4 is 10.5 Å². The first-order chi connectivity index (χ1) is 8.24. The summed E-state index contributed by atoms with van der Waals surface area (Å²) >= 11 is 0. The van der Waals surface area contributed by atoms with Crippen molar-refractivity contribution in [2.75, 3.05) is 7.11 Å². The van der Waals surface area contributed by atoms with Crippen molar-refractivity contribution >= 4 is 18.4 Å². The maximum Gasteiger partial charge on any atom is 0.573 e. The van der Waals surface area contributed by atoms with E-state index in [0.717, 1.165) is 19.2 Å². The molecule has 0 heterocycles. The van der Waals surface area contributed by atoms with E-state index in [0.29, 0.717) is 6.07 Å². The number of carbonyl (C=O) groups is 1. The number of esters is 1. The lowest BCUT2D eigenvalue weighted by Crippen LogP contribution is -2.23. The molecular weight excluding hydrogens is 294 g/mol. The molecule has 0 radical (unpaired) electrons. The number of rotatable bonds is 3. The summed E-state index contributed by atoms with van der Waals surface area (Å²) in [6.07, 6.45) is -4.99. The lowest BCUT2D eigenvalue weighted by Gasteiger charge is -2.13. The minimum Gasteiger partial charge on any atom is -0.468 e. The van der Waals surface area contributed by atoms with Crippen LogP contribution in [0.1, 0.15) is 11.6 Å². The van der Waals surface area contributed by atoms with E-state index in [2.05, 4.69) is 9.47 Å². The highest BCUT2D eigenvalue weighted by Gasteiger charge is 2.32. The molecule has 1 aromatic carbocycles. The third-order valence-electron chi connectivity index (χ3n) is 2.00. The number of methoxy groups -OCH3 is 1. The Morgan fingerprint density at radius 3 is 2.37 bits per heavy atom. The summed E-state index contributed by atoms with van der Waals surface area (Å²) < 4.78 is 56.6. The van der Waals surface area contributed by atoms with Gasteiger partial charge in [-0.2, -0.15) is 0 Å².